The number of hydrogen-bond donors (Lipinski definition) is 0. The highest BCUT2D eigenvalue weighted by Gasteiger charge is 2.10. The van der Waals surface area contributed by atoms with Gasteiger partial charge < -0.3 is 4.74 Å². The predicted octanol–water partition coefficient (Wildman–Crippen LogP) is 3.93. The fourth-order valence-corrected chi connectivity index (χ4v) is 1.81. The zero-order valence-corrected chi connectivity index (χ0v) is 10.8. The Morgan fingerprint density at radius 3 is 2.78 bits per heavy atom. The quantitative estimate of drug-likeness (QED) is 0.790. The molecule has 0 aliphatic heterocycles. The lowest BCUT2D eigenvalue weighted by atomic mass is 10.2. The molecule has 94 valence electrons. The molecular formula is C13H12ClFN2O. The molecule has 3 nitrogen and oxygen atoms in total. The molecule has 1 heterocycles. The minimum atomic E-state index is -0.265. The summed E-state index contributed by atoms with van der Waals surface area (Å²) >= 11 is 5.96. The highest BCUT2D eigenvalue weighted by molar-refractivity contribution is 6.30. The van der Waals surface area contributed by atoms with E-state index in [1.54, 1.807) is 19.1 Å². The molecule has 0 bridgehead atoms. The van der Waals surface area contributed by atoms with Crippen LogP contribution >= 0.6 is 11.6 Å². The summed E-state index contributed by atoms with van der Waals surface area (Å²) in [6.45, 7) is 3.61. The Labute approximate surface area is 110 Å². The molecule has 0 atom stereocenters. The van der Waals surface area contributed by atoms with Crippen LogP contribution in [0.1, 0.15) is 18.1 Å². The Morgan fingerprint density at radius 2 is 2.11 bits per heavy atom. The molecule has 1 aromatic heterocycles. The number of aryl methyl sites for hydroxylation is 1. The summed E-state index contributed by atoms with van der Waals surface area (Å²) in [7, 11) is 0. The van der Waals surface area contributed by atoms with Crippen molar-refractivity contribution in [2.24, 2.45) is 0 Å². The second kappa shape index (κ2) is 5.31. The molecule has 0 aliphatic rings. The van der Waals surface area contributed by atoms with Crippen LogP contribution in [-0.4, -0.2) is 9.97 Å². The van der Waals surface area contributed by atoms with E-state index in [1.807, 2.05) is 6.92 Å². The van der Waals surface area contributed by atoms with E-state index in [9.17, 15) is 4.39 Å². The predicted molar refractivity (Wildman–Crippen MR) is 67.6 cm³/mol. The highest BCUT2D eigenvalue weighted by Crippen LogP contribution is 2.28. The third-order valence-corrected chi connectivity index (χ3v) is 2.88. The zero-order chi connectivity index (χ0) is 13.1. The average molecular weight is 267 g/mol. The van der Waals surface area contributed by atoms with Gasteiger partial charge in [0, 0.05) is 0 Å². The Hall–Kier alpha value is -1.68. The maximum absolute atomic E-state index is 13.1. The van der Waals surface area contributed by atoms with Crippen LogP contribution in [0, 0.1) is 12.7 Å². The van der Waals surface area contributed by atoms with Gasteiger partial charge in [-0.1, -0.05) is 18.5 Å². The number of benzene rings is 1. The second-order valence-corrected chi connectivity index (χ2v) is 4.17. The summed E-state index contributed by atoms with van der Waals surface area (Å²) in [5.74, 6) is 0.667. The van der Waals surface area contributed by atoms with Crippen molar-refractivity contribution in [3.05, 3.63) is 46.6 Å². The zero-order valence-electron chi connectivity index (χ0n) is 10.1. The SMILES string of the molecule is CCc1c(Cl)ncnc1Oc1ccc(F)c(C)c1. The van der Waals surface area contributed by atoms with Crippen LogP contribution in [0.2, 0.25) is 5.15 Å². The Bertz CT molecular complexity index is 575. The Balaban J connectivity index is 2.34. The fourth-order valence-electron chi connectivity index (χ4n) is 1.55. The van der Waals surface area contributed by atoms with E-state index < -0.39 is 0 Å². The molecule has 2 aromatic rings. The molecule has 0 saturated heterocycles. The van der Waals surface area contributed by atoms with Crippen LogP contribution in [-0.2, 0) is 6.42 Å². The molecule has 18 heavy (non-hydrogen) atoms. The maximum Gasteiger partial charge on any atom is 0.226 e. The lowest BCUT2D eigenvalue weighted by molar-refractivity contribution is 0.453. The second-order valence-electron chi connectivity index (χ2n) is 3.81. The van der Waals surface area contributed by atoms with Gasteiger partial charge in [-0.3, -0.25) is 0 Å². The number of nitrogens with zero attached hydrogens (tertiary/aromatic N) is 2. The first-order chi connectivity index (χ1) is 8.61. The maximum atomic E-state index is 13.1. The summed E-state index contributed by atoms with van der Waals surface area (Å²) < 4.78 is 18.8. The molecule has 0 N–H and O–H groups in total. The van der Waals surface area contributed by atoms with Crippen molar-refractivity contribution >= 4 is 11.6 Å². The molecular weight excluding hydrogens is 255 g/mol. The third-order valence-electron chi connectivity index (χ3n) is 2.55. The van der Waals surface area contributed by atoms with E-state index in [0.717, 1.165) is 5.56 Å². The van der Waals surface area contributed by atoms with Gasteiger partial charge in [0.05, 0.1) is 5.56 Å². The first-order valence-corrected chi connectivity index (χ1v) is 5.93. The van der Waals surface area contributed by atoms with Gasteiger partial charge in [0.25, 0.3) is 0 Å². The molecule has 0 saturated carbocycles. The molecule has 0 radical (unpaired) electrons. The van der Waals surface area contributed by atoms with Crippen LogP contribution in [0.25, 0.3) is 0 Å². The Kier molecular flexibility index (Phi) is 3.77. The first-order valence-electron chi connectivity index (χ1n) is 5.55. The largest absolute Gasteiger partial charge is 0.439 e. The van der Waals surface area contributed by atoms with Crippen molar-refractivity contribution in [2.45, 2.75) is 20.3 Å². The van der Waals surface area contributed by atoms with Gasteiger partial charge in [0.2, 0.25) is 5.88 Å². The summed E-state index contributed by atoms with van der Waals surface area (Å²) in [6, 6.07) is 4.53. The van der Waals surface area contributed by atoms with Crippen molar-refractivity contribution in [2.75, 3.05) is 0 Å². The molecule has 5 heteroatoms. The van der Waals surface area contributed by atoms with Crippen LogP contribution in [0.15, 0.2) is 24.5 Å². The number of ether oxygens (including phenoxy) is 1. The van der Waals surface area contributed by atoms with Gasteiger partial charge in [-0.2, -0.15) is 0 Å². The molecule has 0 unspecified atom stereocenters. The number of halogens is 2. The summed E-state index contributed by atoms with van der Waals surface area (Å²) in [4.78, 5) is 7.94. The minimum absolute atomic E-state index is 0.265. The lowest BCUT2D eigenvalue weighted by Crippen LogP contribution is -1.97. The van der Waals surface area contributed by atoms with Crippen molar-refractivity contribution in [3.63, 3.8) is 0 Å². The van der Waals surface area contributed by atoms with E-state index in [0.29, 0.717) is 28.8 Å². The van der Waals surface area contributed by atoms with Crippen LogP contribution < -0.4 is 4.74 Å². The molecule has 1 aromatic carbocycles. The standard InChI is InChI=1S/C13H12ClFN2O/c1-3-10-12(14)16-7-17-13(10)18-9-4-5-11(15)8(2)6-9/h4-7H,3H2,1-2H3. The van der Waals surface area contributed by atoms with E-state index >= 15 is 0 Å². The van der Waals surface area contributed by atoms with Crippen molar-refractivity contribution in [1.29, 1.82) is 0 Å². The summed E-state index contributed by atoms with van der Waals surface area (Å²) in [5.41, 5.74) is 1.26. The molecule has 0 fully saturated rings. The summed E-state index contributed by atoms with van der Waals surface area (Å²) in [5, 5.41) is 0.376. The van der Waals surface area contributed by atoms with Gasteiger partial charge in [-0.05, 0) is 37.1 Å². The lowest BCUT2D eigenvalue weighted by Gasteiger charge is -2.10. The van der Waals surface area contributed by atoms with E-state index in [1.165, 1.54) is 12.4 Å². The number of hydrogen-bond acceptors (Lipinski definition) is 3. The van der Waals surface area contributed by atoms with Gasteiger partial charge >= 0.3 is 0 Å². The molecule has 0 spiro atoms. The monoisotopic (exact) mass is 266 g/mol. The minimum Gasteiger partial charge on any atom is -0.439 e. The van der Waals surface area contributed by atoms with Crippen LogP contribution in [0.5, 0.6) is 11.6 Å². The highest BCUT2D eigenvalue weighted by atomic mass is 35.5. The topological polar surface area (TPSA) is 35.0 Å². The summed E-state index contributed by atoms with van der Waals surface area (Å²) in [6.07, 6.45) is 2.00. The Morgan fingerprint density at radius 1 is 1.33 bits per heavy atom. The van der Waals surface area contributed by atoms with E-state index in [4.69, 9.17) is 16.3 Å². The average Bonchev–Trinajstić information content (AvgIpc) is 2.34. The van der Waals surface area contributed by atoms with Gasteiger partial charge in [0.15, 0.2) is 0 Å². The fraction of sp³-hybridized carbons (Fsp3) is 0.231. The number of aromatic nitrogens is 2. The number of rotatable bonds is 3. The van der Waals surface area contributed by atoms with Crippen LogP contribution in [0.3, 0.4) is 0 Å². The van der Waals surface area contributed by atoms with E-state index in [2.05, 4.69) is 9.97 Å². The van der Waals surface area contributed by atoms with Gasteiger partial charge in [-0.15, -0.1) is 0 Å². The molecule has 2 rings (SSSR count). The van der Waals surface area contributed by atoms with Crippen molar-refractivity contribution in [1.82, 2.24) is 9.97 Å². The smallest absolute Gasteiger partial charge is 0.226 e. The third kappa shape index (κ3) is 2.59. The molecule has 0 amide bonds. The van der Waals surface area contributed by atoms with Crippen molar-refractivity contribution < 1.29 is 9.13 Å². The first kappa shape index (κ1) is 12.8. The van der Waals surface area contributed by atoms with Crippen molar-refractivity contribution in [3.8, 4) is 11.6 Å². The molecule has 0 aliphatic carbocycles. The van der Waals surface area contributed by atoms with Crippen LogP contribution in [0.4, 0.5) is 4.39 Å². The van der Waals surface area contributed by atoms with Gasteiger partial charge in [0.1, 0.15) is 23.0 Å². The normalized spacial score (nSPS) is 10.4. The van der Waals surface area contributed by atoms with Gasteiger partial charge in [-0.25, -0.2) is 14.4 Å². The van der Waals surface area contributed by atoms with E-state index in [-0.39, 0.29) is 5.82 Å².